The second-order valence-corrected chi connectivity index (χ2v) is 4.55. The van der Waals surface area contributed by atoms with Crippen LogP contribution >= 0.6 is 0 Å². The van der Waals surface area contributed by atoms with Crippen molar-refractivity contribution >= 4 is 0 Å². The molecule has 2 rings (SSSR count). The molecule has 0 unspecified atom stereocenters. The van der Waals surface area contributed by atoms with Crippen LogP contribution in [0.4, 0.5) is 0 Å². The first-order chi connectivity index (χ1) is 7.78. The molecule has 91 valence electrons. The van der Waals surface area contributed by atoms with Crippen molar-refractivity contribution < 1.29 is 37.8 Å². The van der Waals surface area contributed by atoms with Crippen LogP contribution in [0.5, 0.6) is 0 Å². The zero-order chi connectivity index (χ0) is 11.4. The van der Waals surface area contributed by atoms with E-state index in [9.17, 15) is 0 Å². The number of aliphatic hydroxyl groups excluding tert-OH is 1. The van der Waals surface area contributed by atoms with Crippen molar-refractivity contribution in [2.75, 3.05) is 33.2 Å². The summed E-state index contributed by atoms with van der Waals surface area (Å²) in [5.41, 5.74) is 2.32. The summed E-state index contributed by atoms with van der Waals surface area (Å²) in [6, 6.07) is 8.24. The SMILES string of the molecule is CN1CCN(Cc2ccc(CO)cc2)CC1.[Y]. The minimum Gasteiger partial charge on any atom is -0.392 e. The predicted octanol–water partition coefficient (Wildman–Crippen LogP) is 0.924. The van der Waals surface area contributed by atoms with Gasteiger partial charge in [-0.05, 0) is 18.2 Å². The van der Waals surface area contributed by atoms with Crippen molar-refractivity contribution in [1.82, 2.24) is 9.80 Å². The van der Waals surface area contributed by atoms with Crippen LogP contribution in [-0.2, 0) is 45.9 Å². The first kappa shape index (κ1) is 15.3. The van der Waals surface area contributed by atoms with E-state index in [-0.39, 0.29) is 39.3 Å². The number of aliphatic hydroxyl groups is 1. The first-order valence-electron chi connectivity index (χ1n) is 5.87. The van der Waals surface area contributed by atoms with Crippen LogP contribution in [0.1, 0.15) is 11.1 Å². The number of benzene rings is 1. The molecule has 1 heterocycles. The first-order valence-corrected chi connectivity index (χ1v) is 5.87. The van der Waals surface area contributed by atoms with E-state index in [1.807, 2.05) is 12.1 Å². The van der Waals surface area contributed by atoms with Crippen LogP contribution in [0.15, 0.2) is 24.3 Å². The average molecular weight is 309 g/mol. The van der Waals surface area contributed by atoms with E-state index >= 15 is 0 Å². The maximum absolute atomic E-state index is 8.96. The van der Waals surface area contributed by atoms with Crippen LogP contribution in [0.25, 0.3) is 0 Å². The van der Waals surface area contributed by atoms with Gasteiger partial charge in [-0.15, -0.1) is 0 Å². The number of rotatable bonds is 3. The molecule has 1 fully saturated rings. The second-order valence-electron chi connectivity index (χ2n) is 4.55. The monoisotopic (exact) mass is 309 g/mol. The zero-order valence-electron chi connectivity index (χ0n) is 10.5. The molecule has 0 aromatic heterocycles. The van der Waals surface area contributed by atoms with E-state index < -0.39 is 0 Å². The number of nitrogens with zero attached hydrogens (tertiary/aromatic N) is 2. The van der Waals surface area contributed by atoms with E-state index in [0.29, 0.717) is 0 Å². The summed E-state index contributed by atoms with van der Waals surface area (Å²) in [6.07, 6.45) is 0. The third-order valence-corrected chi connectivity index (χ3v) is 3.21. The summed E-state index contributed by atoms with van der Waals surface area (Å²) < 4.78 is 0. The molecule has 17 heavy (non-hydrogen) atoms. The largest absolute Gasteiger partial charge is 0.392 e. The molecule has 1 aromatic rings. The van der Waals surface area contributed by atoms with Gasteiger partial charge in [0.2, 0.25) is 0 Å². The average Bonchev–Trinajstić information content (AvgIpc) is 2.33. The Morgan fingerprint density at radius 1 is 1.00 bits per heavy atom. The summed E-state index contributed by atoms with van der Waals surface area (Å²) in [6.45, 7) is 5.79. The van der Waals surface area contributed by atoms with Gasteiger partial charge in [-0.1, -0.05) is 24.3 Å². The summed E-state index contributed by atoms with van der Waals surface area (Å²) in [7, 11) is 2.17. The Hall–Kier alpha value is 0.204. The Kier molecular flexibility index (Phi) is 6.82. The van der Waals surface area contributed by atoms with Crippen LogP contribution in [0.3, 0.4) is 0 Å². The summed E-state index contributed by atoms with van der Waals surface area (Å²) >= 11 is 0. The van der Waals surface area contributed by atoms with Crippen molar-refractivity contribution in [1.29, 1.82) is 0 Å². The standard InChI is InChI=1S/C13H20N2O.Y/c1-14-6-8-15(9-7-14)10-12-2-4-13(11-16)5-3-12;/h2-5,16H,6-11H2,1H3;. The number of hydrogen-bond donors (Lipinski definition) is 1. The van der Waals surface area contributed by atoms with Gasteiger partial charge in [0.15, 0.2) is 0 Å². The maximum atomic E-state index is 8.96. The molecule has 1 saturated heterocycles. The quantitative estimate of drug-likeness (QED) is 0.900. The van der Waals surface area contributed by atoms with Crippen molar-refractivity contribution in [3.8, 4) is 0 Å². The topological polar surface area (TPSA) is 26.7 Å². The van der Waals surface area contributed by atoms with Gasteiger partial charge < -0.3 is 10.0 Å². The molecule has 4 heteroatoms. The van der Waals surface area contributed by atoms with Crippen LogP contribution in [0, 0.1) is 0 Å². The molecule has 1 aliphatic heterocycles. The van der Waals surface area contributed by atoms with E-state index in [2.05, 4.69) is 29.0 Å². The molecule has 1 aliphatic rings. The Labute approximate surface area is 129 Å². The molecule has 1 aromatic carbocycles. The van der Waals surface area contributed by atoms with E-state index in [0.717, 1.165) is 38.3 Å². The van der Waals surface area contributed by atoms with Crippen molar-refractivity contribution in [3.63, 3.8) is 0 Å². The second kappa shape index (κ2) is 7.60. The van der Waals surface area contributed by atoms with Crippen LogP contribution < -0.4 is 0 Å². The molecular formula is C13H20N2OY. The van der Waals surface area contributed by atoms with Gasteiger partial charge in [-0.25, -0.2) is 0 Å². The summed E-state index contributed by atoms with van der Waals surface area (Å²) in [5.74, 6) is 0. The molecule has 1 radical (unpaired) electrons. The molecule has 3 nitrogen and oxygen atoms in total. The van der Waals surface area contributed by atoms with Gasteiger partial charge in [0.25, 0.3) is 0 Å². The Bertz CT molecular complexity index is 321. The van der Waals surface area contributed by atoms with Crippen molar-refractivity contribution in [2.24, 2.45) is 0 Å². The van der Waals surface area contributed by atoms with Gasteiger partial charge in [0.1, 0.15) is 0 Å². The number of piperazine rings is 1. The Morgan fingerprint density at radius 2 is 1.53 bits per heavy atom. The predicted molar refractivity (Wildman–Crippen MR) is 65.1 cm³/mol. The smallest absolute Gasteiger partial charge is 0.0681 e. The fourth-order valence-corrected chi connectivity index (χ4v) is 2.01. The molecule has 0 saturated carbocycles. The maximum Gasteiger partial charge on any atom is 0.0681 e. The van der Waals surface area contributed by atoms with E-state index in [4.69, 9.17) is 5.11 Å². The zero-order valence-corrected chi connectivity index (χ0v) is 13.3. The normalized spacial score (nSPS) is 17.8. The van der Waals surface area contributed by atoms with Gasteiger partial charge in [0.05, 0.1) is 6.61 Å². The number of likely N-dealkylation sites (N-methyl/N-ethyl adjacent to an activating group) is 1. The summed E-state index contributed by atoms with van der Waals surface area (Å²) in [5, 5.41) is 8.96. The Morgan fingerprint density at radius 3 is 2.06 bits per heavy atom. The third-order valence-electron chi connectivity index (χ3n) is 3.21. The minimum atomic E-state index is 0. The molecule has 0 atom stereocenters. The fourth-order valence-electron chi connectivity index (χ4n) is 2.01. The van der Waals surface area contributed by atoms with Gasteiger partial charge >= 0.3 is 0 Å². The van der Waals surface area contributed by atoms with E-state index in [1.54, 1.807) is 0 Å². The Balaban J connectivity index is 0.00000144. The molecule has 0 spiro atoms. The molecular weight excluding hydrogens is 289 g/mol. The molecule has 1 N–H and O–H groups in total. The van der Waals surface area contributed by atoms with Crippen molar-refractivity contribution in [2.45, 2.75) is 13.2 Å². The molecule has 0 aliphatic carbocycles. The minimum absolute atomic E-state index is 0. The molecule has 0 bridgehead atoms. The van der Waals surface area contributed by atoms with E-state index in [1.165, 1.54) is 5.56 Å². The summed E-state index contributed by atoms with van der Waals surface area (Å²) in [4.78, 5) is 4.85. The van der Waals surface area contributed by atoms with Gasteiger partial charge in [-0.2, -0.15) is 0 Å². The fraction of sp³-hybridized carbons (Fsp3) is 0.538. The third kappa shape index (κ3) is 4.76. The van der Waals surface area contributed by atoms with Crippen LogP contribution in [0.2, 0.25) is 0 Å². The molecule has 0 amide bonds. The van der Waals surface area contributed by atoms with Gasteiger partial charge in [-0.3, -0.25) is 4.90 Å². The van der Waals surface area contributed by atoms with Gasteiger partial charge in [0, 0.05) is 65.4 Å². The van der Waals surface area contributed by atoms with Crippen LogP contribution in [-0.4, -0.2) is 48.1 Å². The van der Waals surface area contributed by atoms with Crippen molar-refractivity contribution in [3.05, 3.63) is 35.4 Å². The number of hydrogen-bond acceptors (Lipinski definition) is 3.